The lowest BCUT2D eigenvalue weighted by Crippen LogP contribution is -2.30. The summed E-state index contributed by atoms with van der Waals surface area (Å²) < 4.78 is 26.8. The lowest BCUT2D eigenvalue weighted by Gasteiger charge is -2.20. The summed E-state index contributed by atoms with van der Waals surface area (Å²) in [4.78, 5) is 0. The molecule has 2 rings (SSSR count). The van der Waals surface area contributed by atoms with E-state index in [0.717, 1.165) is 22.8 Å². The zero-order valence-corrected chi connectivity index (χ0v) is 12.5. The van der Waals surface area contributed by atoms with Gasteiger partial charge in [-0.3, -0.25) is 11.3 Å². The zero-order valence-electron chi connectivity index (χ0n) is 12.5. The Hall–Kier alpha value is -1.78. The number of rotatable bonds is 4. The van der Waals surface area contributed by atoms with Gasteiger partial charge in [-0.05, 0) is 61.1 Å². The van der Waals surface area contributed by atoms with Crippen LogP contribution in [0.3, 0.4) is 0 Å². The van der Waals surface area contributed by atoms with E-state index in [-0.39, 0.29) is 6.04 Å². The molecule has 2 aromatic carbocycles. The summed E-state index contributed by atoms with van der Waals surface area (Å²) in [6.45, 7) is 6.09. The Labute approximate surface area is 124 Å². The summed E-state index contributed by atoms with van der Waals surface area (Å²) >= 11 is 0. The van der Waals surface area contributed by atoms with E-state index in [1.165, 1.54) is 17.7 Å². The molecule has 0 aliphatic heterocycles. The van der Waals surface area contributed by atoms with Crippen LogP contribution < -0.4 is 11.3 Å². The summed E-state index contributed by atoms with van der Waals surface area (Å²) in [6.07, 6.45) is 0.367. The maximum Gasteiger partial charge on any atom is 0.129 e. The van der Waals surface area contributed by atoms with Crippen LogP contribution in [-0.2, 0) is 6.42 Å². The van der Waals surface area contributed by atoms with E-state index in [9.17, 15) is 8.78 Å². The Kier molecular flexibility index (Phi) is 4.70. The Bertz CT molecular complexity index is 653. The van der Waals surface area contributed by atoms with Crippen molar-refractivity contribution in [2.75, 3.05) is 0 Å². The second kappa shape index (κ2) is 6.33. The van der Waals surface area contributed by atoms with Gasteiger partial charge in [-0.2, -0.15) is 0 Å². The van der Waals surface area contributed by atoms with Crippen LogP contribution in [0.15, 0.2) is 30.3 Å². The number of benzene rings is 2. The van der Waals surface area contributed by atoms with Gasteiger partial charge >= 0.3 is 0 Å². The fourth-order valence-electron chi connectivity index (χ4n) is 2.52. The summed E-state index contributed by atoms with van der Waals surface area (Å²) in [5.41, 5.74) is 7.68. The summed E-state index contributed by atoms with van der Waals surface area (Å²) in [7, 11) is 0. The van der Waals surface area contributed by atoms with E-state index in [1.54, 1.807) is 0 Å². The van der Waals surface area contributed by atoms with E-state index >= 15 is 0 Å². The molecule has 112 valence electrons. The minimum atomic E-state index is -0.573. The average Bonchev–Trinajstić information content (AvgIpc) is 2.43. The second-order valence-corrected chi connectivity index (χ2v) is 5.45. The topological polar surface area (TPSA) is 38.0 Å². The molecular weight excluding hydrogens is 270 g/mol. The van der Waals surface area contributed by atoms with E-state index in [1.807, 2.05) is 13.8 Å². The molecule has 3 N–H and O–H groups in total. The number of nitrogens with two attached hydrogens (primary N) is 1. The van der Waals surface area contributed by atoms with Crippen molar-refractivity contribution in [3.8, 4) is 0 Å². The molecule has 0 amide bonds. The van der Waals surface area contributed by atoms with Crippen LogP contribution in [-0.4, -0.2) is 0 Å². The van der Waals surface area contributed by atoms with Crippen molar-refractivity contribution < 1.29 is 8.78 Å². The van der Waals surface area contributed by atoms with E-state index in [4.69, 9.17) is 5.84 Å². The van der Waals surface area contributed by atoms with Crippen LogP contribution in [0.2, 0.25) is 0 Å². The minimum Gasteiger partial charge on any atom is -0.271 e. The van der Waals surface area contributed by atoms with Crippen molar-refractivity contribution in [3.05, 3.63) is 69.8 Å². The molecule has 0 aliphatic carbocycles. The molecular formula is C17H20F2N2. The van der Waals surface area contributed by atoms with Crippen LogP contribution in [0.5, 0.6) is 0 Å². The predicted molar refractivity (Wildman–Crippen MR) is 80.8 cm³/mol. The molecule has 0 saturated carbocycles. The van der Waals surface area contributed by atoms with Gasteiger partial charge < -0.3 is 0 Å². The van der Waals surface area contributed by atoms with E-state index < -0.39 is 11.6 Å². The third kappa shape index (κ3) is 3.46. The molecule has 0 aromatic heterocycles. The van der Waals surface area contributed by atoms with Crippen LogP contribution in [0, 0.1) is 32.4 Å². The van der Waals surface area contributed by atoms with Gasteiger partial charge in [0.25, 0.3) is 0 Å². The SMILES string of the molecule is Cc1cc(C)c(C(Cc2ccc(F)cc2F)NN)cc1C. The molecule has 1 unspecified atom stereocenters. The van der Waals surface area contributed by atoms with Gasteiger partial charge in [-0.1, -0.05) is 18.2 Å². The highest BCUT2D eigenvalue weighted by molar-refractivity contribution is 5.39. The van der Waals surface area contributed by atoms with Crippen molar-refractivity contribution in [1.29, 1.82) is 0 Å². The molecule has 0 saturated heterocycles. The molecule has 1 atom stereocenters. The van der Waals surface area contributed by atoms with Gasteiger partial charge in [0.15, 0.2) is 0 Å². The first-order valence-electron chi connectivity index (χ1n) is 6.90. The highest BCUT2D eigenvalue weighted by atomic mass is 19.1. The van der Waals surface area contributed by atoms with E-state index in [2.05, 4.69) is 24.5 Å². The molecule has 0 bridgehead atoms. The van der Waals surface area contributed by atoms with Gasteiger partial charge in [-0.15, -0.1) is 0 Å². The molecule has 0 radical (unpaired) electrons. The lowest BCUT2D eigenvalue weighted by atomic mass is 9.92. The molecule has 21 heavy (non-hydrogen) atoms. The highest BCUT2D eigenvalue weighted by Gasteiger charge is 2.16. The molecule has 0 spiro atoms. The summed E-state index contributed by atoms with van der Waals surface area (Å²) in [5, 5.41) is 0. The van der Waals surface area contributed by atoms with Crippen LogP contribution in [0.4, 0.5) is 8.78 Å². The monoisotopic (exact) mass is 290 g/mol. The number of hydrogen-bond acceptors (Lipinski definition) is 2. The molecule has 0 aliphatic rings. The largest absolute Gasteiger partial charge is 0.271 e. The Morgan fingerprint density at radius 3 is 2.29 bits per heavy atom. The highest BCUT2D eigenvalue weighted by Crippen LogP contribution is 2.25. The molecule has 4 heteroatoms. The van der Waals surface area contributed by atoms with Crippen LogP contribution in [0.1, 0.15) is 33.9 Å². The van der Waals surface area contributed by atoms with Crippen molar-refractivity contribution in [2.24, 2.45) is 5.84 Å². The average molecular weight is 290 g/mol. The first-order valence-corrected chi connectivity index (χ1v) is 6.90. The van der Waals surface area contributed by atoms with Gasteiger partial charge in [0, 0.05) is 6.07 Å². The van der Waals surface area contributed by atoms with Gasteiger partial charge in [0.1, 0.15) is 11.6 Å². The first kappa shape index (κ1) is 15.6. The Morgan fingerprint density at radius 1 is 1.00 bits per heavy atom. The Morgan fingerprint density at radius 2 is 1.67 bits per heavy atom. The van der Waals surface area contributed by atoms with Gasteiger partial charge in [0.05, 0.1) is 6.04 Å². The standard InChI is InChI=1S/C17H20F2N2/c1-10-6-12(3)15(7-11(10)2)17(21-20)8-13-4-5-14(18)9-16(13)19/h4-7,9,17,21H,8,20H2,1-3H3. The summed E-state index contributed by atoms with van der Waals surface area (Å²) in [6, 6.07) is 7.57. The normalized spacial score (nSPS) is 12.5. The van der Waals surface area contributed by atoms with Gasteiger partial charge in [-0.25, -0.2) is 8.78 Å². The second-order valence-electron chi connectivity index (χ2n) is 5.45. The third-order valence-corrected chi connectivity index (χ3v) is 3.90. The maximum atomic E-state index is 13.8. The predicted octanol–water partition coefficient (Wildman–Crippen LogP) is 3.64. The Balaban J connectivity index is 2.34. The smallest absolute Gasteiger partial charge is 0.129 e. The molecule has 2 aromatic rings. The quantitative estimate of drug-likeness (QED) is 0.666. The van der Waals surface area contributed by atoms with Gasteiger partial charge in [0.2, 0.25) is 0 Å². The fourth-order valence-corrected chi connectivity index (χ4v) is 2.52. The number of aryl methyl sites for hydroxylation is 3. The summed E-state index contributed by atoms with van der Waals surface area (Å²) in [5.74, 6) is 4.53. The van der Waals surface area contributed by atoms with Crippen molar-refractivity contribution in [3.63, 3.8) is 0 Å². The molecule has 0 fully saturated rings. The van der Waals surface area contributed by atoms with Crippen molar-refractivity contribution in [1.82, 2.24) is 5.43 Å². The fraction of sp³-hybridized carbons (Fsp3) is 0.294. The minimum absolute atomic E-state index is 0.218. The van der Waals surface area contributed by atoms with Crippen LogP contribution >= 0.6 is 0 Å². The van der Waals surface area contributed by atoms with Crippen molar-refractivity contribution in [2.45, 2.75) is 33.2 Å². The molecule has 2 nitrogen and oxygen atoms in total. The number of hydrogen-bond donors (Lipinski definition) is 2. The first-order chi connectivity index (χ1) is 9.92. The van der Waals surface area contributed by atoms with E-state index in [0.29, 0.717) is 12.0 Å². The zero-order chi connectivity index (χ0) is 15.6. The third-order valence-electron chi connectivity index (χ3n) is 3.90. The van der Waals surface area contributed by atoms with Crippen molar-refractivity contribution >= 4 is 0 Å². The number of hydrazine groups is 1. The van der Waals surface area contributed by atoms with Crippen LogP contribution in [0.25, 0.3) is 0 Å². The molecule has 0 heterocycles. The maximum absolute atomic E-state index is 13.8. The number of halogens is 2. The number of nitrogens with one attached hydrogen (secondary N) is 1. The lowest BCUT2D eigenvalue weighted by molar-refractivity contribution is 0.520.